The van der Waals surface area contributed by atoms with Gasteiger partial charge in [-0.25, -0.2) is 4.98 Å². The van der Waals surface area contributed by atoms with E-state index in [0.29, 0.717) is 17.9 Å². The van der Waals surface area contributed by atoms with Crippen LogP contribution in [0.5, 0.6) is 0 Å². The summed E-state index contributed by atoms with van der Waals surface area (Å²) >= 11 is 0. The number of hydrogen-bond donors (Lipinski definition) is 3. The van der Waals surface area contributed by atoms with E-state index in [9.17, 15) is 9.90 Å². The minimum absolute atomic E-state index is 0.165. The van der Waals surface area contributed by atoms with E-state index in [1.165, 1.54) is 6.42 Å². The number of benzene rings is 1. The van der Waals surface area contributed by atoms with Crippen LogP contribution in [0.4, 0.5) is 0 Å². The zero-order valence-electron chi connectivity index (χ0n) is 13.3. The second-order valence-electron chi connectivity index (χ2n) is 6.29. The van der Waals surface area contributed by atoms with E-state index in [-0.39, 0.29) is 5.91 Å². The van der Waals surface area contributed by atoms with Crippen molar-refractivity contribution in [2.45, 2.75) is 44.6 Å². The Morgan fingerprint density at radius 2 is 1.96 bits per heavy atom. The van der Waals surface area contributed by atoms with Gasteiger partial charge in [-0.2, -0.15) is 5.10 Å². The predicted octanol–water partition coefficient (Wildman–Crippen LogP) is 2.21. The van der Waals surface area contributed by atoms with Gasteiger partial charge in [0.25, 0.3) is 5.91 Å². The van der Waals surface area contributed by atoms with Crippen LogP contribution in [0.1, 0.15) is 48.3 Å². The number of aliphatic hydroxyl groups is 1. The van der Waals surface area contributed by atoms with Crippen molar-refractivity contribution >= 4 is 5.91 Å². The molecule has 122 valence electrons. The van der Waals surface area contributed by atoms with Crippen LogP contribution in [0, 0.1) is 6.92 Å². The number of nitrogens with one attached hydrogen (secondary N) is 2. The average molecular weight is 314 g/mol. The smallest absolute Gasteiger partial charge is 0.251 e. The molecule has 3 N–H and O–H groups in total. The zero-order chi connectivity index (χ0) is 16.3. The number of aryl methyl sites for hydroxylation is 1. The lowest BCUT2D eigenvalue weighted by molar-refractivity contribution is 0.00526. The summed E-state index contributed by atoms with van der Waals surface area (Å²) < 4.78 is 0. The van der Waals surface area contributed by atoms with Crippen molar-refractivity contribution in [2.24, 2.45) is 0 Å². The molecule has 0 bridgehead atoms. The molecule has 0 radical (unpaired) electrons. The molecule has 0 aliphatic heterocycles. The topological polar surface area (TPSA) is 90.9 Å². The highest BCUT2D eigenvalue weighted by molar-refractivity contribution is 5.94. The second kappa shape index (κ2) is 6.50. The van der Waals surface area contributed by atoms with Crippen molar-refractivity contribution in [3.05, 3.63) is 35.7 Å². The van der Waals surface area contributed by atoms with E-state index in [0.717, 1.165) is 37.1 Å². The molecule has 1 heterocycles. The molecule has 0 unspecified atom stereocenters. The number of H-pyrrole nitrogens is 1. The van der Waals surface area contributed by atoms with Gasteiger partial charge < -0.3 is 10.4 Å². The summed E-state index contributed by atoms with van der Waals surface area (Å²) in [7, 11) is 0. The summed E-state index contributed by atoms with van der Waals surface area (Å²) in [6.07, 6.45) is 4.74. The fourth-order valence-electron chi connectivity index (χ4n) is 2.98. The minimum atomic E-state index is -0.746. The molecular formula is C17H22N4O2. The van der Waals surface area contributed by atoms with Crippen molar-refractivity contribution in [1.82, 2.24) is 20.5 Å². The molecule has 1 aromatic heterocycles. The summed E-state index contributed by atoms with van der Waals surface area (Å²) in [6, 6.07) is 7.16. The highest BCUT2D eigenvalue weighted by Gasteiger charge is 2.29. The van der Waals surface area contributed by atoms with Crippen LogP contribution >= 0.6 is 0 Å². The number of aromatic nitrogens is 3. The van der Waals surface area contributed by atoms with Crippen molar-refractivity contribution in [1.29, 1.82) is 0 Å². The molecule has 23 heavy (non-hydrogen) atoms. The molecule has 1 aliphatic rings. The fraction of sp³-hybridized carbons (Fsp3) is 0.471. The molecule has 2 aromatic rings. The lowest BCUT2D eigenvalue weighted by Gasteiger charge is -2.32. The lowest BCUT2D eigenvalue weighted by Crippen LogP contribution is -2.44. The Labute approximate surface area is 135 Å². The first-order valence-electron chi connectivity index (χ1n) is 8.06. The van der Waals surface area contributed by atoms with Gasteiger partial charge in [0.15, 0.2) is 5.82 Å². The Morgan fingerprint density at radius 1 is 1.26 bits per heavy atom. The van der Waals surface area contributed by atoms with Gasteiger partial charge in [0.05, 0.1) is 5.60 Å². The third-order valence-electron chi connectivity index (χ3n) is 4.36. The van der Waals surface area contributed by atoms with Crippen LogP contribution in [0.15, 0.2) is 24.3 Å². The van der Waals surface area contributed by atoms with Crippen LogP contribution < -0.4 is 5.32 Å². The van der Waals surface area contributed by atoms with Gasteiger partial charge in [0.1, 0.15) is 5.82 Å². The van der Waals surface area contributed by atoms with Crippen molar-refractivity contribution in [3.8, 4) is 11.4 Å². The molecule has 1 saturated carbocycles. The maximum Gasteiger partial charge on any atom is 0.251 e. The van der Waals surface area contributed by atoms with Gasteiger partial charge in [-0.15, -0.1) is 0 Å². The maximum absolute atomic E-state index is 12.2. The quantitative estimate of drug-likeness (QED) is 0.807. The Hall–Kier alpha value is -2.21. The Morgan fingerprint density at radius 3 is 2.57 bits per heavy atom. The van der Waals surface area contributed by atoms with E-state index in [2.05, 4.69) is 20.5 Å². The average Bonchev–Trinajstić information content (AvgIpc) is 3.00. The largest absolute Gasteiger partial charge is 0.388 e. The molecule has 1 fully saturated rings. The first kappa shape index (κ1) is 15.7. The van der Waals surface area contributed by atoms with Gasteiger partial charge in [-0.05, 0) is 31.9 Å². The number of amides is 1. The standard InChI is InChI=1S/C17H22N4O2/c1-12-19-15(21-20-12)13-5-7-14(8-6-13)16(22)18-11-17(23)9-3-2-4-10-17/h5-8,23H,2-4,9-11H2,1H3,(H,18,22)(H,19,20,21). The molecule has 3 rings (SSSR count). The summed E-state index contributed by atoms with van der Waals surface area (Å²) in [5.74, 6) is 1.20. The van der Waals surface area contributed by atoms with Crippen LogP contribution in [-0.4, -0.2) is 38.3 Å². The molecule has 0 saturated heterocycles. The Bertz CT molecular complexity index is 672. The van der Waals surface area contributed by atoms with Gasteiger partial charge in [0, 0.05) is 17.7 Å². The van der Waals surface area contributed by atoms with Crippen LogP contribution in [0.3, 0.4) is 0 Å². The number of carbonyl (C=O) groups is 1. The van der Waals surface area contributed by atoms with Crippen molar-refractivity contribution < 1.29 is 9.90 Å². The number of hydrogen-bond acceptors (Lipinski definition) is 4. The SMILES string of the molecule is Cc1nc(-c2ccc(C(=O)NCC3(O)CCCCC3)cc2)n[nH]1. The third-order valence-corrected chi connectivity index (χ3v) is 4.36. The number of aromatic amines is 1. The highest BCUT2D eigenvalue weighted by atomic mass is 16.3. The highest BCUT2D eigenvalue weighted by Crippen LogP contribution is 2.27. The number of nitrogens with zero attached hydrogens (tertiary/aromatic N) is 2. The Balaban J connectivity index is 1.61. The van der Waals surface area contributed by atoms with E-state index < -0.39 is 5.60 Å². The molecule has 0 atom stereocenters. The zero-order valence-corrected chi connectivity index (χ0v) is 13.3. The van der Waals surface area contributed by atoms with Gasteiger partial charge >= 0.3 is 0 Å². The summed E-state index contributed by atoms with van der Waals surface area (Å²) in [5.41, 5.74) is 0.682. The van der Waals surface area contributed by atoms with E-state index >= 15 is 0 Å². The first-order valence-corrected chi connectivity index (χ1v) is 8.06. The number of carbonyl (C=O) groups excluding carboxylic acids is 1. The maximum atomic E-state index is 12.2. The molecule has 1 aromatic carbocycles. The van der Waals surface area contributed by atoms with Crippen molar-refractivity contribution in [2.75, 3.05) is 6.54 Å². The van der Waals surface area contributed by atoms with Crippen molar-refractivity contribution in [3.63, 3.8) is 0 Å². The van der Waals surface area contributed by atoms with E-state index in [1.807, 2.05) is 19.1 Å². The Kier molecular flexibility index (Phi) is 4.43. The van der Waals surface area contributed by atoms with Gasteiger partial charge in [-0.1, -0.05) is 31.4 Å². The second-order valence-corrected chi connectivity index (χ2v) is 6.29. The van der Waals surface area contributed by atoms with E-state index in [4.69, 9.17) is 0 Å². The molecule has 1 amide bonds. The summed E-state index contributed by atoms with van der Waals surface area (Å²) in [4.78, 5) is 16.5. The minimum Gasteiger partial charge on any atom is -0.388 e. The van der Waals surface area contributed by atoms with Gasteiger partial charge in [-0.3, -0.25) is 9.89 Å². The predicted molar refractivity (Wildman–Crippen MR) is 86.9 cm³/mol. The lowest BCUT2D eigenvalue weighted by atomic mass is 9.85. The summed E-state index contributed by atoms with van der Waals surface area (Å²) in [5, 5.41) is 20.2. The summed E-state index contributed by atoms with van der Waals surface area (Å²) in [6.45, 7) is 2.15. The normalized spacial score (nSPS) is 17.0. The molecular weight excluding hydrogens is 292 g/mol. The van der Waals surface area contributed by atoms with Gasteiger partial charge in [0.2, 0.25) is 0 Å². The molecule has 6 heteroatoms. The monoisotopic (exact) mass is 314 g/mol. The molecule has 6 nitrogen and oxygen atoms in total. The fourth-order valence-corrected chi connectivity index (χ4v) is 2.98. The van der Waals surface area contributed by atoms with Crippen LogP contribution in [0.25, 0.3) is 11.4 Å². The molecule has 0 spiro atoms. The first-order chi connectivity index (χ1) is 11.1. The van der Waals surface area contributed by atoms with Crippen LogP contribution in [0.2, 0.25) is 0 Å². The van der Waals surface area contributed by atoms with E-state index in [1.54, 1.807) is 12.1 Å². The third kappa shape index (κ3) is 3.76. The number of rotatable bonds is 4. The van der Waals surface area contributed by atoms with Crippen LogP contribution in [-0.2, 0) is 0 Å². The molecule has 1 aliphatic carbocycles.